The normalized spacial score (nSPS) is 11.3. The highest BCUT2D eigenvalue weighted by atomic mass is 79.9. The molecular formula is C13H13BrO3. The van der Waals surface area contributed by atoms with Gasteiger partial charge in [-0.15, -0.1) is 0 Å². The highest BCUT2D eigenvalue weighted by Gasteiger charge is 2.21. The van der Waals surface area contributed by atoms with Crippen molar-refractivity contribution in [1.82, 2.24) is 0 Å². The zero-order chi connectivity index (χ0) is 12.6. The van der Waals surface area contributed by atoms with Crippen molar-refractivity contribution in [1.29, 1.82) is 0 Å². The third-order valence-electron chi connectivity index (χ3n) is 2.58. The van der Waals surface area contributed by atoms with Crippen molar-refractivity contribution in [2.45, 2.75) is 20.3 Å². The molecule has 0 amide bonds. The molecular weight excluding hydrogens is 284 g/mol. The van der Waals surface area contributed by atoms with Crippen LogP contribution in [-0.4, -0.2) is 11.1 Å². The van der Waals surface area contributed by atoms with Crippen molar-refractivity contribution < 1.29 is 14.3 Å². The minimum absolute atomic E-state index is 0.0561. The van der Waals surface area contributed by atoms with Gasteiger partial charge in [0.15, 0.2) is 0 Å². The van der Waals surface area contributed by atoms with Crippen LogP contribution in [0.4, 0.5) is 0 Å². The lowest BCUT2D eigenvalue weighted by Gasteiger charge is -2.03. The molecule has 0 aliphatic rings. The first-order valence-corrected chi connectivity index (χ1v) is 6.23. The monoisotopic (exact) mass is 296 g/mol. The molecule has 3 nitrogen and oxygen atoms in total. The number of carboxylic acid groups (broad SMARTS) is 1. The number of carbonyl (C=O) groups is 1. The molecule has 0 radical (unpaired) electrons. The van der Waals surface area contributed by atoms with Gasteiger partial charge >= 0.3 is 5.97 Å². The lowest BCUT2D eigenvalue weighted by atomic mass is 10.00. The van der Waals surface area contributed by atoms with Crippen LogP contribution in [0.3, 0.4) is 0 Å². The molecule has 0 unspecified atom stereocenters. The second-order valence-corrected chi connectivity index (χ2v) is 5.28. The Balaban J connectivity index is 2.71. The third-order valence-corrected chi connectivity index (χ3v) is 3.20. The molecule has 1 aromatic heterocycles. The number of furan rings is 1. The highest BCUT2D eigenvalue weighted by molar-refractivity contribution is 9.10. The summed E-state index contributed by atoms with van der Waals surface area (Å²) < 4.78 is 6.23. The van der Waals surface area contributed by atoms with Crippen LogP contribution in [0.1, 0.15) is 30.0 Å². The minimum Gasteiger partial charge on any atom is -0.475 e. The number of carboxylic acids is 1. The maximum Gasteiger partial charge on any atom is 0.372 e. The molecule has 17 heavy (non-hydrogen) atoms. The van der Waals surface area contributed by atoms with Gasteiger partial charge in [0.25, 0.3) is 0 Å². The van der Waals surface area contributed by atoms with Gasteiger partial charge in [-0.05, 0) is 34.3 Å². The first kappa shape index (κ1) is 12.2. The smallest absolute Gasteiger partial charge is 0.372 e. The zero-order valence-electron chi connectivity index (χ0n) is 9.66. The maximum atomic E-state index is 11.2. The quantitative estimate of drug-likeness (QED) is 0.928. The van der Waals surface area contributed by atoms with Crippen molar-refractivity contribution in [2.75, 3.05) is 0 Å². The molecule has 90 valence electrons. The SMILES string of the molecule is CC(C)Cc1c(C(=O)O)oc2c(Br)cccc12. The van der Waals surface area contributed by atoms with E-state index in [1.54, 1.807) is 0 Å². The number of fused-ring (bicyclic) bond motifs is 1. The number of rotatable bonds is 3. The lowest BCUT2D eigenvalue weighted by molar-refractivity contribution is 0.0663. The Kier molecular flexibility index (Phi) is 3.24. The summed E-state index contributed by atoms with van der Waals surface area (Å²) in [4.78, 5) is 11.2. The summed E-state index contributed by atoms with van der Waals surface area (Å²) in [6.07, 6.45) is 0.699. The van der Waals surface area contributed by atoms with E-state index in [4.69, 9.17) is 9.52 Å². The third kappa shape index (κ3) is 2.22. The molecule has 0 fully saturated rings. The summed E-state index contributed by atoms with van der Waals surface area (Å²) in [7, 11) is 0. The van der Waals surface area contributed by atoms with Gasteiger partial charge in [0.05, 0.1) is 4.47 Å². The maximum absolute atomic E-state index is 11.2. The van der Waals surface area contributed by atoms with Gasteiger partial charge in [0.2, 0.25) is 5.76 Å². The van der Waals surface area contributed by atoms with E-state index in [2.05, 4.69) is 29.8 Å². The van der Waals surface area contributed by atoms with Gasteiger partial charge in [-0.2, -0.15) is 0 Å². The lowest BCUT2D eigenvalue weighted by Crippen LogP contribution is -2.02. The summed E-state index contributed by atoms with van der Waals surface area (Å²) in [5.41, 5.74) is 1.39. The molecule has 0 spiro atoms. The fraction of sp³-hybridized carbons (Fsp3) is 0.308. The van der Waals surface area contributed by atoms with Crippen LogP contribution in [0.25, 0.3) is 11.0 Å². The van der Waals surface area contributed by atoms with Gasteiger partial charge in [0, 0.05) is 10.9 Å². The van der Waals surface area contributed by atoms with E-state index in [9.17, 15) is 4.79 Å². The number of hydrogen-bond acceptors (Lipinski definition) is 2. The van der Waals surface area contributed by atoms with Gasteiger partial charge in [0.1, 0.15) is 5.58 Å². The first-order valence-electron chi connectivity index (χ1n) is 5.44. The summed E-state index contributed by atoms with van der Waals surface area (Å²) in [5, 5.41) is 10.0. The molecule has 0 saturated heterocycles. The van der Waals surface area contributed by atoms with E-state index in [0.717, 1.165) is 15.4 Å². The van der Waals surface area contributed by atoms with Gasteiger partial charge in [-0.1, -0.05) is 26.0 Å². The Labute approximate surface area is 108 Å². The Hall–Kier alpha value is -1.29. The Morgan fingerprint density at radius 1 is 1.47 bits per heavy atom. The summed E-state index contributed by atoms with van der Waals surface area (Å²) in [6, 6.07) is 5.63. The fourth-order valence-electron chi connectivity index (χ4n) is 1.92. The van der Waals surface area contributed by atoms with E-state index in [-0.39, 0.29) is 5.76 Å². The van der Waals surface area contributed by atoms with E-state index in [0.29, 0.717) is 17.9 Å². The van der Waals surface area contributed by atoms with Crippen molar-refractivity contribution in [3.05, 3.63) is 34.0 Å². The fourth-order valence-corrected chi connectivity index (χ4v) is 2.37. The van der Waals surface area contributed by atoms with Crippen molar-refractivity contribution in [2.24, 2.45) is 5.92 Å². The molecule has 4 heteroatoms. The highest BCUT2D eigenvalue weighted by Crippen LogP contribution is 2.32. The van der Waals surface area contributed by atoms with Crippen LogP contribution in [-0.2, 0) is 6.42 Å². The molecule has 0 aliphatic carbocycles. The average Bonchev–Trinajstić information content (AvgIpc) is 2.58. The van der Waals surface area contributed by atoms with Crippen LogP contribution in [0.2, 0.25) is 0 Å². The zero-order valence-corrected chi connectivity index (χ0v) is 11.2. The minimum atomic E-state index is -1.01. The number of benzene rings is 1. The van der Waals surface area contributed by atoms with E-state index in [1.165, 1.54) is 0 Å². The molecule has 1 N–H and O–H groups in total. The molecule has 0 saturated carbocycles. The molecule has 0 bridgehead atoms. The van der Waals surface area contributed by atoms with E-state index >= 15 is 0 Å². The van der Waals surface area contributed by atoms with Crippen molar-refractivity contribution >= 4 is 32.9 Å². The van der Waals surface area contributed by atoms with Crippen LogP contribution < -0.4 is 0 Å². The molecule has 1 aromatic carbocycles. The number of aromatic carboxylic acids is 1. The Morgan fingerprint density at radius 3 is 2.76 bits per heavy atom. The predicted molar refractivity (Wildman–Crippen MR) is 69.4 cm³/mol. The first-order chi connectivity index (χ1) is 8.00. The topological polar surface area (TPSA) is 50.4 Å². The number of hydrogen-bond donors (Lipinski definition) is 1. The second-order valence-electron chi connectivity index (χ2n) is 4.43. The average molecular weight is 297 g/mol. The van der Waals surface area contributed by atoms with Gasteiger partial charge in [-0.25, -0.2) is 4.79 Å². The van der Waals surface area contributed by atoms with Crippen LogP contribution in [0.5, 0.6) is 0 Å². The summed E-state index contributed by atoms with van der Waals surface area (Å²) in [6.45, 7) is 4.12. The van der Waals surface area contributed by atoms with Gasteiger partial charge < -0.3 is 9.52 Å². The van der Waals surface area contributed by atoms with Crippen molar-refractivity contribution in [3.8, 4) is 0 Å². The van der Waals surface area contributed by atoms with Crippen LogP contribution >= 0.6 is 15.9 Å². The van der Waals surface area contributed by atoms with Crippen molar-refractivity contribution in [3.63, 3.8) is 0 Å². The molecule has 1 heterocycles. The second kappa shape index (κ2) is 4.53. The van der Waals surface area contributed by atoms with Crippen LogP contribution in [0.15, 0.2) is 27.1 Å². The molecule has 2 rings (SSSR count). The number of para-hydroxylation sites is 1. The molecule has 0 aliphatic heterocycles. The van der Waals surface area contributed by atoms with E-state index in [1.807, 2.05) is 18.2 Å². The van der Waals surface area contributed by atoms with Crippen LogP contribution in [0, 0.1) is 5.92 Å². The summed E-state index contributed by atoms with van der Waals surface area (Å²) >= 11 is 3.37. The predicted octanol–water partition coefficient (Wildman–Crippen LogP) is 4.09. The van der Waals surface area contributed by atoms with E-state index < -0.39 is 5.97 Å². The number of halogens is 1. The summed E-state index contributed by atoms with van der Waals surface area (Å²) in [5.74, 6) is -0.572. The Bertz CT molecular complexity index is 569. The standard InChI is InChI=1S/C13H13BrO3/c1-7(2)6-9-8-4-3-5-10(14)11(8)17-12(9)13(15)16/h3-5,7H,6H2,1-2H3,(H,15,16). The van der Waals surface area contributed by atoms with Gasteiger partial charge in [-0.3, -0.25) is 0 Å². The largest absolute Gasteiger partial charge is 0.475 e. The molecule has 2 aromatic rings. The Morgan fingerprint density at radius 2 is 2.18 bits per heavy atom. The molecule has 0 atom stereocenters.